The molecule has 6 nitrogen and oxygen atoms in total. The molecule has 4 atom stereocenters. The number of aryl methyl sites for hydroxylation is 1. The van der Waals surface area contributed by atoms with Crippen LogP contribution in [-0.4, -0.2) is 45.6 Å². The first-order chi connectivity index (χ1) is 14.5. The van der Waals surface area contributed by atoms with Crippen LogP contribution in [0.1, 0.15) is 51.4 Å². The molecule has 1 saturated heterocycles. The summed E-state index contributed by atoms with van der Waals surface area (Å²) in [6, 6.07) is 7.51. The lowest BCUT2D eigenvalue weighted by molar-refractivity contribution is -0.135. The molecule has 0 aliphatic carbocycles. The Hall–Kier alpha value is -2.22. The number of aliphatic hydroxyl groups is 1. The molecule has 0 unspecified atom stereocenters. The molecule has 7 heteroatoms. The lowest BCUT2D eigenvalue weighted by atomic mass is 9.86. The largest absolute Gasteiger partial charge is 0.391 e. The maximum absolute atomic E-state index is 13.0. The number of likely N-dealkylation sites (tertiary alicyclic amines) is 1. The van der Waals surface area contributed by atoms with E-state index < -0.39 is 12.1 Å². The lowest BCUT2D eigenvalue weighted by Gasteiger charge is -2.34. The van der Waals surface area contributed by atoms with E-state index in [0.717, 1.165) is 22.5 Å². The van der Waals surface area contributed by atoms with Gasteiger partial charge in [0, 0.05) is 24.7 Å². The van der Waals surface area contributed by atoms with Gasteiger partial charge in [0.05, 0.1) is 34.3 Å². The Balaban J connectivity index is 1.69. The average Bonchev–Trinajstić information content (AvgIpc) is 3.31. The summed E-state index contributed by atoms with van der Waals surface area (Å²) in [7, 11) is 0. The second kappa shape index (κ2) is 9.10. The summed E-state index contributed by atoms with van der Waals surface area (Å²) >= 11 is 1.64. The van der Waals surface area contributed by atoms with Gasteiger partial charge in [0.2, 0.25) is 5.91 Å². The average molecular weight is 443 g/mol. The van der Waals surface area contributed by atoms with Crippen LogP contribution < -0.4 is 11.1 Å². The number of carbonyl (C=O) groups excluding carboxylic acids is 1. The summed E-state index contributed by atoms with van der Waals surface area (Å²) in [6.45, 7) is 14.4. The maximum Gasteiger partial charge on any atom is 0.240 e. The highest BCUT2D eigenvalue weighted by atomic mass is 32.1. The molecule has 0 bridgehead atoms. The Morgan fingerprint density at radius 3 is 2.55 bits per heavy atom. The second-order valence-corrected chi connectivity index (χ2v) is 10.4. The molecule has 0 saturated carbocycles. The number of amides is 1. The number of aliphatic hydroxyl groups excluding tert-OH is 1. The van der Waals surface area contributed by atoms with E-state index in [9.17, 15) is 9.90 Å². The molecule has 1 aliphatic heterocycles. The first kappa shape index (κ1) is 23.4. The van der Waals surface area contributed by atoms with E-state index in [2.05, 4.69) is 48.1 Å². The van der Waals surface area contributed by atoms with E-state index in [1.165, 1.54) is 4.88 Å². The van der Waals surface area contributed by atoms with Crippen LogP contribution in [0.3, 0.4) is 0 Å². The van der Waals surface area contributed by atoms with Crippen molar-refractivity contribution in [3.63, 3.8) is 0 Å². The van der Waals surface area contributed by atoms with Gasteiger partial charge in [-0.1, -0.05) is 51.6 Å². The third-order valence-electron chi connectivity index (χ3n) is 5.98. The Labute approximate surface area is 189 Å². The fraction of sp³-hybridized carbons (Fsp3) is 0.500. The number of nitrogens with one attached hydrogen (secondary N) is 1. The van der Waals surface area contributed by atoms with Gasteiger partial charge in [-0.2, -0.15) is 0 Å². The van der Waals surface area contributed by atoms with Crippen LogP contribution in [0.15, 0.2) is 42.1 Å². The number of β-amino-alcohol motifs (C(OH)–C–C–N with tert-alkyl or cyclic N) is 1. The van der Waals surface area contributed by atoms with E-state index >= 15 is 0 Å². The van der Waals surface area contributed by atoms with Crippen molar-refractivity contribution in [1.29, 1.82) is 0 Å². The van der Waals surface area contributed by atoms with Gasteiger partial charge in [0.25, 0.3) is 0 Å². The van der Waals surface area contributed by atoms with Crippen molar-refractivity contribution in [2.75, 3.05) is 6.54 Å². The fourth-order valence-corrected chi connectivity index (χ4v) is 4.71. The maximum atomic E-state index is 13.0. The fourth-order valence-electron chi connectivity index (χ4n) is 3.90. The van der Waals surface area contributed by atoms with E-state index in [-0.39, 0.29) is 30.0 Å². The molecule has 4 N–H and O–H groups in total. The quantitative estimate of drug-likeness (QED) is 0.636. The Morgan fingerprint density at radius 1 is 1.35 bits per heavy atom. The molecule has 168 valence electrons. The number of carbonyl (C=O) groups is 1. The molecule has 2 aromatic rings. The molecule has 3 rings (SSSR count). The minimum absolute atomic E-state index is 0.00934. The number of hydrogen-bond donors (Lipinski definition) is 3. The standard InChI is InChI=1S/C24H34N4O2S/c1-14(17-7-9-18(10-8-17)21-16(3)26-13-31-21)27-15(2)20-11-19(29)12-28(20)23(30)22(25)24(4,5)6/h7-10,13-14,19-20,22,27,29H,2,11-12,25H2,1,3-6H3/t14-,19+,20-,22+/m0/s1. The highest BCUT2D eigenvalue weighted by Gasteiger charge is 2.40. The number of benzene rings is 1. The number of aromatic nitrogens is 1. The highest BCUT2D eigenvalue weighted by molar-refractivity contribution is 7.13. The summed E-state index contributed by atoms with van der Waals surface area (Å²) in [4.78, 5) is 20.2. The molecule has 1 aliphatic rings. The van der Waals surface area contributed by atoms with Crippen LogP contribution in [0, 0.1) is 12.3 Å². The molecule has 1 aromatic heterocycles. The van der Waals surface area contributed by atoms with Gasteiger partial charge in [-0.05, 0) is 30.4 Å². The van der Waals surface area contributed by atoms with Gasteiger partial charge >= 0.3 is 0 Å². The van der Waals surface area contributed by atoms with Crippen molar-refractivity contribution in [2.45, 2.75) is 65.3 Å². The smallest absolute Gasteiger partial charge is 0.240 e. The van der Waals surface area contributed by atoms with Crippen LogP contribution >= 0.6 is 11.3 Å². The molecule has 1 aromatic carbocycles. The van der Waals surface area contributed by atoms with Crippen molar-refractivity contribution in [1.82, 2.24) is 15.2 Å². The zero-order valence-electron chi connectivity index (χ0n) is 19.1. The molecule has 1 amide bonds. The van der Waals surface area contributed by atoms with Crippen LogP contribution in [0.25, 0.3) is 10.4 Å². The van der Waals surface area contributed by atoms with Crippen molar-refractivity contribution in [3.05, 3.63) is 53.3 Å². The van der Waals surface area contributed by atoms with Crippen LogP contribution in [0.2, 0.25) is 0 Å². The van der Waals surface area contributed by atoms with E-state index in [1.807, 2.05) is 33.2 Å². The van der Waals surface area contributed by atoms with Crippen LogP contribution in [-0.2, 0) is 4.79 Å². The Bertz CT molecular complexity index is 932. The van der Waals surface area contributed by atoms with Crippen molar-refractivity contribution >= 4 is 17.2 Å². The SMILES string of the molecule is C=C(N[C@@H](C)c1ccc(-c2scnc2C)cc1)[C@@H]1C[C@@H](O)CN1C(=O)[C@@H](N)C(C)(C)C. The third kappa shape index (κ3) is 5.17. The predicted octanol–water partition coefficient (Wildman–Crippen LogP) is 3.62. The van der Waals surface area contributed by atoms with Crippen molar-refractivity contribution < 1.29 is 9.90 Å². The van der Waals surface area contributed by atoms with Gasteiger partial charge in [0.15, 0.2) is 0 Å². The van der Waals surface area contributed by atoms with Gasteiger partial charge in [-0.3, -0.25) is 4.79 Å². The zero-order chi connectivity index (χ0) is 22.9. The Morgan fingerprint density at radius 2 is 2.00 bits per heavy atom. The van der Waals surface area contributed by atoms with Gasteiger partial charge in [-0.25, -0.2) is 4.98 Å². The number of rotatable bonds is 6. The monoisotopic (exact) mass is 442 g/mol. The summed E-state index contributed by atoms with van der Waals surface area (Å²) in [6.07, 6.45) is -0.109. The van der Waals surface area contributed by atoms with Gasteiger partial charge < -0.3 is 21.1 Å². The number of nitrogens with zero attached hydrogens (tertiary/aromatic N) is 2. The molecule has 0 radical (unpaired) electrons. The molecule has 2 heterocycles. The second-order valence-electron chi connectivity index (χ2n) is 9.52. The summed E-state index contributed by atoms with van der Waals surface area (Å²) < 4.78 is 0. The molecular weight excluding hydrogens is 408 g/mol. The number of hydrogen-bond acceptors (Lipinski definition) is 6. The number of thiazole rings is 1. The Kier molecular flexibility index (Phi) is 6.88. The van der Waals surface area contributed by atoms with E-state index in [1.54, 1.807) is 16.2 Å². The lowest BCUT2D eigenvalue weighted by Crippen LogP contribution is -2.53. The highest BCUT2D eigenvalue weighted by Crippen LogP contribution is 2.30. The van der Waals surface area contributed by atoms with E-state index in [0.29, 0.717) is 6.42 Å². The van der Waals surface area contributed by atoms with Crippen molar-refractivity contribution in [2.24, 2.45) is 11.1 Å². The van der Waals surface area contributed by atoms with Crippen LogP contribution in [0.5, 0.6) is 0 Å². The predicted molar refractivity (Wildman–Crippen MR) is 127 cm³/mol. The molecule has 0 spiro atoms. The first-order valence-corrected chi connectivity index (χ1v) is 11.6. The third-order valence-corrected chi connectivity index (χ3v) is 6.96. The normalized spacial score (nSPS) is 21.1. The number of nitrogens with two attached hydrogens (primary N) is 1. The van der Waals surface area contributed by atoms with Gasteiger partial charge in [0.1, 0.15) is 0 Å². The summed E-state index contributed by atoms with van der Waals surface area (Å²) in [5.74, 6) is -0.145. The first-order valence-electron chi connectivity index (χ1n) is 10.7. The van der Waals surface area contributed by atoms with Crippen molar-refractivity contribution in [3.8, 4) is 10.4 Å². The van der Waals surface area contributed by atoms with E-state index in [4.69, 9.17) is 5.73 Å². The molecule has 1 fully saturated rings. The topological polar surface area (TPSA) is 91.5 Å². The summed E-state index contributed by atoms with van der Waals surface area (Å²) in [5, 5.41) is 13.7. The zero-order valence-corrected chi connectivity index (χ0v) is 19.9. The summed E-state index contributed by atoms with van der Waals surface area (Å²) in [5.41, 5.74) is 11.8. The minimum Gasteiger partial charge on any atom is -0.391 e. The molecular formula is C24H34N4O2S. The molecule has 31 heavy (non-hydrogen) atoms. The minimum atomic E-state index is -0.631. The van der Waals surface area contributed by atoms with Gasteiger partial charge in [-0.15, -0.1) is 11.3 Å². The van der Waals surface area contributed by atoms with Crippen LogP contribution in [0.4, 0.5) is 0 Å².